The monoisotopic (exact) mass is 920 g/mol. The summed E-state index contributed by atoms with van der Waals surface area (Å²) in [5, 5.41) is 3.02. The molecule has 1 amide bonds. The fraction of sp³-hybridized carbons (Fsp3) is 0.778. The van der Waals surface area contributed by atoms with Crippen LogP contribution in [0.1, 0.15) is 220 Å². The molecule has 0 fully saturated rings. The Labute approximate surface area is 394 Å². The van der Waals surface area contributed by atoms with E-state index in [4.69, 9.17) is 13.8 Å². The Morgan fingerprint density at radius 1 is 0.562 bits per heavy atom. The van der Waals surface area contributed by atoms with E-state index in [0.29, 0.717) is 23.9 Å². The van der Waals surface area contributed by atoms with Crippen molar-refractivity contribution in [1.29, 1.82) is 0 Å². The number of carbonyl (C=O) groups excluding carboxylic acids is 2. The molecular formula is C54H100N2O7P+. The Morgan fingerprint density at radius 2 is 1.00 bits per heavy atom. The van der Waals surface area contributed by atoms with E-state index in [1.807, 2.05) is 33.3 Å². The number of nitrogens with one attached hydrogen (secondary N) is 1. The van der Waals surface area contributed by atoms with E-state index in [-0.39, 0.29) is 31.5 Å². The average Bonchev–Trinajstić information content (AvgIpc) is 3.25. The molecule has 3 unspecified atom stereocenters. The van der Waals surface area contributed by atoms with Crippen LogP contribution >= 0.6 is 7.82 Å². The van der Waals surface area contributed by atoms with Crippen LogP contribution in [0.5, 0.6) is 0 Å². The number of quaternary nitrogens is 1. The lowest BCUT2D eigenvalue weighted by molar-refractivity contribution is -0.870. The van der Waals surface area contributed by atoms with Crippen LogP contribution in [0.3, 0.4) is 0 Å². The number of carbonyl (C=O) groups is 2. The SMILES string of the molecule is CC/C=C/C/C=C/C/C=C/CCCCCCC(=O)NC(COP(=O)(O)OCC[N+](C)(C)C)C(/C=C/CCCCCCCCCCC)OC(=O)CCCCC/C=C\CCCCCCCC. The minimum absolute atomic E-state index is 0.0318. The lowest BCUT2D eigenvalue weighted by Crippen LogP contribution is -2.47. The standard InChI is InChI=1S/C54H99N2O7P/c1-7-10-13-16-19-22-25-27-29-31-34-37-40-43-46-53(57)55-51(50-62-64(59,60)61-49-48-56(4,5)6)52(45-42-39-36-33-30-24-21-18-15-12-9-3)63-54(58)47-44-41-38-35-32-28-26-23-20-17-14-11-8-2/h10,13,19,22,27-29,32,42,45,51-52H,7-9,11-12,14-18,20-21,23-26,30-31,33-41,43-44,46-50H2,1-6H3,(H-,55,57,59,60)/p+1/b13-10+,22-19+,29-27+,32-28-,45-42+. The molecule has 0 aromatic heterocycles. The third-order valence-electron chi connectivity index (χ3n) is 11.2. The molecule has 0 aliphatic rings. The Morgan fingerprint density at radius 3 is 1.53 bits per heavy atom. The van der Waals surface area contributed by atoms with Crippen molar-refractivity contribution in [2.45, 2.75) is 232 Å². The van der Waals surface area contributed by atoms with Gasteiger partial charge < -0.3 is 19.4 Å². The van der Waals surface area contributed by atoms with Gasteiger partial charge in [0.05, 0.1) is 33.8 Å². The summed E-state index contributed by atoms with van der Waals surface area (Å²) < 4.78 is 30.4. The highest BCUT2D eigenvalue weighted by atomic mass is 31.2. The van der Waals surface area contributed by atoms with E-state index in [1.54, 1.807) is 0 Å². The lowest BCUT2D eigenvalue weighted by atomic mass is 10.1. The van der Waals surface area contributed by atoms with E-state index in [9.17, 15) is 19.0 Å². The van der Waals surface area contributed by atoms with E-state index >= 15 is 0 Å². The number of ether oxygens (including phenoxy) is 1. The van der Waals surface area contributed by atoms with Crippen molar-refractivity contribution in [2.75, 3.05) is 40.9 Å². The van der Waals surface area contributed by atoms with Gasteiger partial charge in [0, 0.05) is 12.8 Å². The molecule has 0 saturated heterocycles. The van der Waals surface area contributed by atoms with E-state index in [0.717, 1.165) is 96.3 Å². The van der Waals surface area contributed by atoms with Gasteiger partial charge in [-0.25, -0.2) is 4.57 Å². The number of likely N-dealkylation sites (N-methyl/N-ethyl adjacent to an activating group) is 1. The fourth-order valence-electron chi connectivity index (χ4n) is 7.12. The summed E-state index contributed by atoms with van der Waals surface area (Å²) in [6, 6.07) is -0.864. The van der Waals surface area contributed by atoms with Crippen molar-refractivity contribution in [3.63, 3.8) is 0 Å². The van der Waals surface area contributed by atoms with Crippen LogP contribution in [-0.4, -0.2) is 74.3 Å². The summed E-state index contributed by atoms with van der Waals surface area (Å²) in [6.07, 6.45) is 53.6. The van der Waals surface area contributed by atoms with Crippen molar-refractivity contribution < 1.29 is 37.3 Å². The predicted octanol–water partition coefficient (Wildman–Crippen LogP) is 15.2. The van der Waals surface area contributed by atoms with Gasteiger partial charge in [-0.15, -0.1) is 0 Å². The fourth-order valence-corrected chi connectivity index (χ4v) is 7.86. The number of hydrogen-bond donors (Lipinski definition) is 2. The maximum Gasteiger partial charge on any atom is 0.472 e. The highest BCUT2D eigenvalue weighted by Gasteiger charge is 2.30. The quantitative estimate of drug-likeness (QED) is 0.0206. The second kappa shape index (κ2) is 44.5. The van der Waals surface area contributed by atoms with Crippen molar-refractivity contribution >= 4 is 19.7 Å². The van der Waals surface area contributed by atoms with Gasteiger partial charge in [-0.3, -0.25) is 18.6 Å². The van der Waals surface area contributed by atoms with Crippen molar-refractivity contribution in [1.82, 2.24) is 5.32 Å². The number of unbranched alkanes of at least 4 members (excludes halogenated alkanes) is 22. The van der Waals surface area contributed by atoms with Gasteiger partial charge in [0.25, 0.3) is 0 Å². The molecule has 372 valence electrons. The predicted molar refractivity (Wildman–Crippen MR) is 272 cm³/mol. The van der Waals surface area contributed by atoms with Gasteiger partial charge in [-0.2, -0.15) is 0 Å². The maximum absolute atomic E-state index is 13.4. The molecule has 0 rings (SSSR count). The molecular weight excluding hydrogens is 820 g/mol. The summed E-state index contributed by atoms with van der Waals surface area (Å²) in [5.41, 5.74) is 0. The molecule has 0 bridgehead atoms. The van der Waals surface area contributed by atoms with Gasteiger partial charge in [-0.05, 0) is 89.5 Å². The number of nitrogens with zero attached hydrogens (tertiary/aromatic N) is 1. The van der Waals surface area contributed by atoms with Crippen LogP contribution in [-0.2, 0) is 27.9 Å². The summed E-state index contributed by atoms with van der Waals surface area (Å²) in [7, 11) is 1.47. The first-order chi connectivity index (χ1) is 30.9. The molecule has 9 nitrogen and oxygen atoms in total. The third-order valence-corrected chi connectivity index (χ3v) is 12.2. The second-order valence-corrected chi connectivity index (χ2v) is 20.1. The normalized spacial score (nSPS) is 14.4. The first-order valence-corrected chi connectivity index (χ1v) is 27.6. The maximum atomic E-state index is 13.4. The highest BCUT2D eigenvalue weighted by Crippen LogP contribution is 2.43. The third kappa shape index (κ3) is 44.9. The van der Waals surface area contributed by atoms with Crippen LogP contribution in [0.2, 0.25) is 0 Å². The summed E-state index contributed by atoms with van der Waals surface area (Å²) >= 11 is 0. The molecule has 64 heavy (non-hydrogen) atoms. The lowest BCUT2D eigenvalue weighted by Gasteiger charge is -2.27. The summed E-state index contributed by atoms with van der Waals surface area (Å²) in [5.74, 6) is -0.554. The van der Waals surface area contributed by atoms with Crippen molar-refractivity contribution in [3.8, 4) is 0 Å². The van der Waals surface area contributed by atoms with Crippen molar-refractivity contribution in [2.24, 2.45) is 0 Å². The Kier molecular flexibility index (Phi) is 42.9. The zero-order valence-corrected chi connectivity index (χ0v) is 43.2. The van der Waals surface area contributed by atoms with E-state index < -0.39 is 20.0 Å². The zero-order chi connectivity index (χ0) is 47.3. The number of allylic oxidation sites excluding steroid dienone is 9. The van der Waals surface area contributed by atoms with Crippen LogP contribution < -0.4 is 5.32 Å². The Bertz CT molecular complexity index is 1290. The van der Waals surface area contributed by atoms with E-state index in [1.165, 1.54) is 83.5 Å². The first kappa shape index (κ1) is 61.7. The smallest absolute Gasteiger partial charge is 0.456 e. The topological polar surface area (TPSA) is 111 Å². The van der Waals surface area contributed by atoms with E-state index in [2.05, 4.69) is 74.7 Å². The van der Waals surface area contributed by atoms with Gasteiger partial charge in [0.1, 0.15) is 19.3 Å². The number of phosphoric ester groups is 1. The minimum Gasteiger partial charge on any atom is -0.456 e. The van der Waals surface area contributed by atoms with Crippen LogP contribution in [0.4, 0.5) is 0 Å². The summed E-state index contributed by atoms with van der Waals surface area (Å²) in [6.45, 7) is 6.83. The molecule has 0 aromatic rings. The molecule has 0 spiro atoms. The van der Waals surface area contributed by atoms with Gasteiger partial charge in [-0.1, -0.05) is 178 Å². The second-order valence-electron chi connectivity index (χ2n) is 18.7. The number of hydrogen-bond acceptors (Lipinski definition) is 6. The number of amides is 1. The number of rotatable bonds is 46. The number of esters is 1. The number of phosphoric acid groups is 1. The molecule has 0 aliphatic carbocycles. The van der Waals surface area contributed by atoms with Gasteiger partial charge >= 0.3 is 13.8 Å². The molecule has 10 heteroatoms. The van der Waals surface area contributed by atoms with Crippen LogP contribution in [0.25, 0.3) is 0 Å². The Balaban J connectivity index is 5.48. The largest absolute Gasteiger partial charge is 0.472 e. The molecule has 0 aromatic carbocycles. The molecule has 2 N–H and O–H groups in total. The average molecular weight is 920 g/mol. The van der Waals surface area contributed by atoms with Crippen molar-refractivity contribution in [3.05, 3.63) is 60.8 Å². The molecule has 3 atom stereocenters. The molecule has 0 saturated carbocycles. The minimum atomic E-state index is -4.45. The van der Waals surface area contributed by atoms with Gasteiger partial charge in [0.15, 0.2) is 0 Å². The first-order valence-electron chi connectivity index (χ1n) is 26.1. The molecule has 0 heterocycles. The Hall–Kier alpha value is -2.29. The zero-order valence-electron chi connectivity index (χ0n) is 42.3. The molecule has 0 radical (unpaired) electrons. The van der Waals surface area contributed by atoms with Crippen LogP contribution in [0, 0.1) is 0 Å². The highest BCUT2D eigenvalue weighted by molar-refractivity contribution is 7.47. The summed E-state index contributed by atoms with van der Waals surface area (Å²) in [4.78, 5) is 37.4. The van der Waals surface area contributed by atoms with Gasteiger partial charge in [0.2, 0.25) is 5.91 Å². The molecule has 0 aliphatic heterocycles. The van der Waals surface area contributed by atoms with Crippen LogP contribution in [0.15, 0.2) is 60.8 Å².